The molecule has 0 fully saturated rings. The highest BCUT2D eigenvalue weighted by molar-refractivity contribution is 7.98. The van der Waals surface area contributed by atoms with Gasteiger partial charge in [-0.15, -0.1) is 23.4 Å². The molecule has 2 nitrogen and oxygen atoms in total. The Morgan fingerprint density at radius 1 is 1.29 bits per heavy atom. The van der Waals surface area contributed by atoms with Gasteiger partial charge in [0.25, 0.3) is 0 Å². The Morgan fingerprint density at radius 2 is 2.06 bits per heavy atom. The molecule has 0 aliphatic carbocycles. The van der Waals surface area contributed by atoms with Crippen LogP contribution in [0.5, 0.6) is 0 Å². The summed E-state index contributed by atoms with van der Waals surface area (Å²) in [4.78, 5) is 8.06. The van der Waals surface area contributed by atoms with Crippen LogP contribution in [0.4, 0.5) is 4.39 Å². The van der Waals surface area contributed by atoms with Gasteiger partial charge in [-0.1, -0.05) is 18.2 Å². The molecule has 0 spiro atoms. The largest absolute Gasteiger partial charge is 0.244 e. The van der Waals surface area contributed by atoms with Crippen LogP contribution in [0.15, 0.2) is 41.8 Å². The van der Waals surface area contributed by atoms with E-state index < -0.39 is 5.38 Å². The molecule has 2 aromatic rings. The Kier molecular flexibility index (Phi) is 3.97. The minimum Gasteiger partial charge on any atom is -0.244 e. The molecule has 0 aliphatic heterocycles. The number of thioether (sulfide) groups is 1. The molecular weight excluding hydrogens is 259 g/mol. The van der Waals surface area contributed by atoms with E-state index in [1.165, 1.54) is 24.2 Å². The molecule has 0 N–H and O–H groups in total. The molecule has 1 atom stereocenters. The fourth-order valence-corrected chi connectivity index (χ4v) is 2.48. The molecule has 0 radical (unpaired) electrons. The molecule has 1 heterocycles. The van der Waals surface area contributed by atoms with E-state index in [2.05, 4.69) is 9.97 Å². The first kappa shape index (κ1) is 12.3. The van der Waals surface area contributed by atoms with Crippen molar-refractivity contribution in [3.05, 3.63) is 53.7 Å². The van der Waals surface area contributed by atoms with Crippen LogP contribution in [-0.2, 0) is 0 Å². The molecule has 1 unspecified atom stereocenters. The van der Waals surface area contributed by atoms with Crippen LogP contribution in [0.3, 0.4) is 0 Å². The topological polar surface area (TPSA) is 25.8 Å². The van der Waals surface area contributed by atoms with Crippen LogP contribution in [0.25, 0.3) is 0 Å². The van der Waals surface area contributed by atoms with Crippen molar-refractivity contribution in [1.29, 1.82) is 0 Å². The summed E-state index contributed by atoms with van der Waals surface area (Å²) in [5, 5.41) is 0.197. The Labute approximate surface area is 108 Å². The lowest BCUT2D eigenvalue weighted by Gasteiger charge is -2.12. The molecular formula is C12H10ClFN2S. The number of hydrogen-bond donors (Lipinski definition) is 0. The first-order valence-corrected chi connectivity index (χ1v) is 6.62. The van der Waals surface area contributed by atoms with Gasteiger partial charge in [0, 0.05) is 17.3 Å². The van der Waals surface area contributed by atoms with E-state index in [1.807, 2.05) is 6.26 Å². The van der Waals surface area contributed by atoms with Crippen molar-refractivity contribution < 1.29 is 4.39 Å². The van der Waals surface area contributed by atoms with Gasteiger partial charge in [0.2, 0.25) is 0 Å². The van der Waals surface area contributed by atoms with Gasteiger partial charge in [-0.05, 0) is 12.3 Å². The molecule has 17 heavy (non-hydrogen) atoms. The molecule has 0 saturated heterocycles. The first-order chi connectivity index (χ1) is 8.24. The minimum atomic E-state index is -0.570. The van der Waals surface area contributed by atoms with Crippen molar-refractivity contribution >= 4 is 23.4 Å². The van der Waals surface area contributed by atoms with Crippen LogP contribution in [0.2, 0.25) is 0 Å². The SMILES string of the molecule is CSc1ncncc1C(Cl)c1ccccc1F. The zero-order valence-electron chi connectivity index (χ0n) is 9.10. The predicted octanol–water partition coefficient (Wildman–Crippen LogP) is 3.67. The van der Waals surface area contributed by atoms with Crippen molar-refractivity contribution in [2.45, 2.75) is 10.4 Å². The van der Waals surface area contributed by atoms with E-state index in [0.717, 1.165) is 10.6 Å². The molecule has 1 aromatic carbocycles. The fraction of sp³-hybridized carbons (Fsp3) is 0.167. The standard InChI is InChI=1S/C12H10ClFN2S/c1-17-12-9(6-15-7-16-12)11(13)8-4-2-3-5-10(8)14/h2-7,11H,1H3. The third-order valence-corrected chi connectivity index (χ3v) is 3.54. The quantitative estimate of drug-likeness (QED) is 0.483. The second-order valence-electron chi connectivity index (χ2n) is 3.37. The maximum atomic E-state index is 13.6. The van der Waals surface area contributed by atoms with Gasteiger partial charge in [0.15, 0.2) is 0 Å². The Hall–Kier alpha value is -1.13. The lowest BCUT2D eigenvalue weighted by Crippen LogP contribution is -2.00. The molecule has 2 rings (SSSR count). The summed E-state index contributed by atoms with van der Waals surface area (Å²) >= 11 is 7.75. The summed E-state index contributed by atoms with van der Waals surface area (Å²) in [6, 6.07) is 6.47. The number of rotatable bonds is 3. The molecule has 88 valence electrons. The van der Waals surface area contributed by atoms with Crippen molar-refractivity contribution in [3.63, 3.8) is 0 Å². The van der Waals surface area contributed by atoms with Gasteiger partial charge in [0.1, 0.15) is 17.2 Å². The Balaban J connectivity index is 2.44. The third kappa shape index (κ3) is 2.58. The normalized spacial score (nSPS) is 12.4. The predicted molar refractivity (Wildman–Crippen MR) is 67.9 cm³/mol. The number of halogens is 2. The van der Waals surface area contributed by atoms with E-state index in [1.54, 1.807) is 24.4 Å². The van der Waals surface area contributed by atoms with Crippen molar-refractivity contribution in [1.82, 2.24) is 9.97 Å². The van der Waals surface area contributed by atoms with Crippen molar-refractivity contribution in [2.75, 3.05) is 6.26 Å². The van der Waals surface area contributed by atoms with Gasteiger partial charge < -0.3 is 0 Å². The summed E-state index contributed by atoms with van der Waals surface area (Å²) < 4.78 is 13.6. The van der Waals surface area contributed by atoms with E-state index in [4.69, 9.17) is 11.6 Å². The monoisotopic (exact) mass is 268 g/mol. The molecule has 0 aliphatic rings. The first-order valence-electron chi connectivity index (χ1n) is 4.96. The zero-order valence-corrected chi connectivity index (χ0v) is 10.7. The molecule has 1 aromatic heterocycles. The van der Waals surface area contributed by atoms with Gasteiger partial charge in [0.05, 0.1) is 5.38 Å². The maximum absolute atomic E-state index is 13.6. The second kappa shape index (κ2) is 5.47. The highest BCUT2D eigenvalue weighted by Crippen LogP contribution is 2.34. The molecule has 0 bridgehead atoms. The van der Waals surface area contributed by atoms with Crippen LogP contribution < -0.4 is 0 Å². The summed E-state index contributed by atoms with van der Waals surface area (Å²) in [6.07, 6.45) is 4.99. The highest BCUT2D eigenvalue weighted by atomic mass is 35.5. The van der Waals surface area contributed by atoms with E-state index in [-0.39, 0.29) is 5.82 Å². The van der Waals surface area contributed by atoms with Gasteiger partial charge in [-0.2, -0.15) is 0 Å². The zero-order chi connectivity index (χ0) is 12.3. The summed E-state index contributed by atoms with van der Waals surface area (Å²) in [6.45, 7) is 0. The van der Waals surface area contributed by atoms with Crippen molar-refractivity contribution in [3.8, 4) is 0 Å². The fourth-order valence-electron chi connectivity index (χ4n) is 1.52. The summed E-state index contributed by atoms with van der Waals surface area (Å²) in [5.41, 5.74) is 1.17. The van der Waals surface area contributed by atoms with Gasteiger partial charge in [-0.3, -0.25) is 0 Å². The number of alkyl halides is 1. The number of nitrogens with zero attached hydrogens (tertiary/aromatic N) is 2. The molecule has 5 heteroatoms. The van der Waals surface area contributed by atoms with Crippen molar-refractivity contribution in [2.24, 2.45) is 0 Å². The summed E-state index contributed by atoms with van der Waals surface area (Å²) in [5.74, 6) is -0.316. The van der Waals surface area contributed by atoms with E-state index >= 15 is 0 Å². The Bertz CT molecular complexity index is 521. The summed E-state index contributed by atoms with van der Waals surface area (Å²) in [7, 11) is 0. The van der Waals surface area contributed by atoms with E-state index in [0.29, 0.717) is 5.56 Å². The smallest absolute Gasteiger partial charge is 0.128 e. The van der Waals surface area contributed by atoms with Crippen LogP contribution in [-0.4, -0.2) is 16.2 Å². The van der Waals surface area contributed by atoms with Gasteiger partial charge >= 0.3 is 0 Å². The molecule has 0 saturated carbocycles. The third-order valence-electron chi connectivity index (χ3n) is 2.35. The number of benzene rings is 1. The minimum absolute atomic E-state index is 0.316. The lowest BCUT2D eigenvalue weighted by atomic mass is 10.1. The van der Waals surface area contributed by atoms with Crippen LogP contribution in [0.1, 0.15) is 16.5 Å². The lowest BCUT2D eigenvalue weighted by molar-refractivity contribution is 0.611. The highest BCUT2D eigenvalue weighted by Gasteiger charge is 2.18. The molecule has 0 amide bonds. The second-order valence-corrected chi connectivity index (χ2v) is 4.60. The number of hydrogen-bond acceptors (Lipinski definition) is 3. The maximum Gasteiger partial charge on any atom is 0.128 e. The Morgan fingerprint density at radius 3 is 2.76 bits per heavy atom. The van der Waals surface area contributed by atoms with Crippen LogP contribution in [0, 0.1) is 5.82 Å². The van der Waals surface area contributed by atoms with Gasteiger partial charge in [-0.25, -0.2) is 14.4 Å². The van der Waals surface area contributed by atoms with E-state index in [9.17, 15) is 4.39 Å². The van der Waals surface area contributed by atoms with Crippen LogP contribution >= 0.6 is 23.4 Å². The average molecular weight is 269 g/mol. The number of aromatic nitrogens is 2. The average Bonchev–Trinajstić information content (AvgIpc) is 2.38.